The molecule has 0 unspecified atom stereocenters. The van der Waals surface area contributed by atoms with Crippen LogP contribution in [0.2, 0.25) is 0 Å². The van der Waals surface area contributed by atoms with E-state index in [1.54, 1.807) is 12.4 Å². The lowest BCUT2D eigenvalue weighted by Crippen LogP contribution is -2.55. The third-order valence-electron chi connectivity index (χ3n) is 15.7. The maximum atomic E-state index is 15.1. The predicted molar refractivity (Wildman–Crippen MR) is 338 cm³/mol. The second-order valence-corrected chi connectivity index (χ2v) is 25.5. The average molecular weight is 1220 g/mol. The lowest BCUT2D eigenvalue weighted by atomic mass is 9.99. The Labute approximate surface area is 521 Å². The van der Waals surface area contributed by atoms with Crippen LogP contribution in [0.25, 0.3) is 0 Å². The molecule has 5 rings (SSSR count). The minimum atomic E-state index is -1.54. The summed E-state index contributed by atoms with van der Waals surface area (Å²) in [5.41, 5.74) is 5.15. The Morgan fingerprint density at radius 1 is 0.398 bits per heavy atom. The molecule has 0 spiro atoms. The quantitative estimate of drug-likeness (QED) is 0.0686. The van der Waals surface area contributed by atoms with Crippen LogP contribution in [0.1, 0.15) is 128 Å². The molecule has 1 aliphatic heterocycles. The number of aromatic nitrogens is 2. The second-order valence-electron chi connectivity index (χ2n) is 25.5. The number of pyridine rings is 2. The van der Waals surface area contributed by atoms with Crippen molar-refractivity contribution in [2.24, 2.45) is 23.7 Å². The number of carbonyl (C=O) groups excluding carboxylic acids is 8. The standard InChI is InChI=1S/C68H96N8O12/c1-41(2)33-53-65(81)85-45(9)61(77)73(15)56(36-44(7)8)68(84)88-58(40-50-29-25-48(26-30-50)38-52-22-20-32-70-60(52)72(13)14)64(80)76(18)54(34-42(3)4)66(82)86-46(10)62(78)74(16)55(35-43(5)6)67(83)87-57(63(79)75(53)17)39-49-27-23-47(24-28-49)37-51-21-19-31-69-59(51)71(11)12/h19-32,41-46,53-58H,33-40H2,1-18H3/t45-,46-,53+,54+,55+,56+,57-,58-/m1/s1. The van der Waals surface area contributed by atoms with Crippen LogP contribution < -0.4 is 9.80 Å². The molecule has 480 valence electrons. The molecule has 20 heteroatoms. The highest BCUT2D eigenvalue weighted by Gasteiger charge is 2.43. The summed E-state index contributed by atoms with van der Waals surface area (Å²) in [5, 5.41) is 0. The topological polar surface area (TPSA) is 219 Å². The third kappa shape index (κ3) is 19.6. The second kappa shape index (κ2) is 32.4. The number of amides is 4. The van der Waals surface area contributed by atoms with E-state index in [2.05, 4.69) is 9.97 Å². The van der Waals surface area contributed by atoms with Gasteiger partial charge in [0.15, 0.2) is 24.4 Å². The molecule has 0 bridgehead atoms. The van der Waals surface area contributed by atoms with E-state index in [9.17, 15) is 28.8 Å². The van der Waals surface area contributed by atoms with E-state index < -0.39 is 96.1 Å². The predicted octanol–water partition coefficient (Wildman–Crippen LogP) is 7.77. The Morgan fingerprint density at radius 2 is 0.659 bits per heavy atom. The number of hydrogen-bond acceptors (Lipinski definition) is 16. The molecule has 1 aliphatic rings. The van der Waals surface area contributed by atoms with E-state index in [4.69, 9.17) is 18.9 Å². The minimum Gasteiger partial charge on any atom is -0.451 e. The summed E-state index contributed by atoms with van der Waals surface area (Å²) in [7, 11) is 13.3. The van der Waals surface area contributed by atoms with Gasteiger partial charge in [-0.1, -0.05) is 116 Å². The van der Waals surface area contributed by atoms with E-state index in [1.165, 1.54) is 51.8 Å². The first kappa shape index (κ1) is 70.9. The highest BCUT2D eigenvalue weighted by Crippen LogP contribution is 2.27. The van der Waals surface area contributed by atoms with Crippen LogP contribution in [-0.4, -0.2) is 182 Å². The molecule has 0 radical (unpaired) electrons. The van der Waals surface area contributed by atoms with Gasteiger partial charge < -0.3 is 48.3 Å². The normalized spacial score (nSPS) is 22.1. The van der Waals surface area contributed by atoms with Gasteiger partial charge in [0, 0.05) is 94.5 Å². The zero-order chi connectivity index (χ0) is 65.4. The number of anilines is 2. The monoisotopic (exact) mass is 1220 g/mol. The number of carbonyl (C=O) groups is 8. The number of ether oxygens (including phenoxy) is 4. The number of rotatable bonds is 18. The highest BCUT2D eigenvalue weighted by molar-refractivity contribution is 5.94. The maximum absolute atomic E-state index is 15.1. The fourth-order valence-corrected chi connectivity index (χ4v) is 10.9. The zero-order valence-corrected chi connectivity index (χ0v) is 55.1. The number of likely N-dealkylation sites (N-methyl/N-ethyl adjacent to an activating group) is 4. The number of benzene rings is 2. The number of cyclic esters (lactones) is 4. The third-order valence-corrected chi connectivity index (χ3v) is 15.7. The van der Waals surface area contributed by atoms with Crippen LogP contribution in [0.3, 0.4) is 0 Å². The fourth-order valence-electron chi connectivity index (χ4n) is 10.9. The van der Waals surface area contributed by atoms with E-state index in [0.717, 1.165) is 43.7 Å². The summed E-state index contributed by atoms with van der Waals surface area (Å²) in [6, 6.07) is 17.6. The zero-order valence-electron chi connectivity index (χ0n) is 55.1. The number of esters is 4. The van der Waals surface area contributed by atoms with E-state index in [0.29, 0.717) is 24.0 Å². The molecule has 4 aromatic rings. The Morgan fingerprint density at radius 3 is 0.932 bits per heavy atom. The lowest BCUT2D eigenvalue weighted by molar-refractivity contribution is -0.176. The number of hydrogen-bond donors (Lipinski definition) is 0. The Bertz CT molecular complexity index is 2800. The summed E-state index contributed by atoms with van der Waals surface area (Å²) < 4.78 is 24.4. The van der Waals surface area contributed by atoms with E-state index in [-0.39, 0.29) is 62.2 Å². The minimum absolute atomic E-state index is 0.0785. The summed E-state index contributed by atoms with van der Waals surface area (Å²) in [6.45, 7) is 17.6. The molecule has 8 atom stereocenters. The van der Waals surface area contributed by atoms with Gasteiger partial charge in [-0.25, -0.2) is 29.1 Å². The van der Waals surface area contributed by atoms with Gasteiger partial charge >= 0.3 is 23.9 Å². The first-order chi connectivity index (χ1) is 41.4. The van der Waals surface area contributed by atoms with E-state index in [1.807, 2.05) is 166 Å². The van der Waals surface area contributed by atoms with Crippen molar-refractivity contribution in [1.82, 2.24) is 29.6 Å². The Kier molecular flexibility index (Phi) is 26.1. The van der Waals surface area contributed by atoms with Crippen molar-refractivity contribution in [1.29, 1.82) is 0 Å². The molecule has 20 nitrogen and oxygen atoms in total. The smallest absolute Gasteiger partial charge is 0.329 e. The molecular weight excluding hydrogens is 1120 g/mol. The van der Waals surface area contributed by atoms with Crippen molar-refractivity contribution in [2.75, 3.05) is 66.2 Å². The van der Waals surface area contributed by atoms with Gasteiger partial charge in [-0.3, -0.25) is 19.2 Å². The van der Waals surface area contributed by atoms with E-state index >= 15 is 9.59 Å². The van der Waals surface area contributed by atoms with Crippen LogP contribution in [-0.2, 0) is 83.0 Å². The van der Waals surface area contributed by atoms with Gasteiger partial charge in [-0.05, 0) is 109 Å². The summed E-state index contributed by atoms with van der Waals surface area (Å²) in [6.07, 6.45) is -1.45. The van der Waals surface area contributed by atoms with Crippen LogP contribution in [0.15, 0.2) is 85.2 Å². The number of nitrogens with zero attached hydrogens (tertiary/aromatic N) is 8. The van der Waals surface area contributed by atoms with Gasteiger partial charge in [-0.15, -0.1) is 0 Å². The van der Waals surface area contributed by atoms with Crippen LogP contribution in [0.4, 0.5) is 11.6 Å². The van der Waals surface area contributed by atoms with Crippen molar-refractivity contribution in [3.05, 3.63) is 119 Å². The summed E-state index contributed by atoms with van der Waals surface area (Å²) in [4.78, 5) is 136. The van der Waals surface area contributed by atoms with Crippen molar-refractivity contribution < 1.29 is 57.3 Å². The highest BCUT2D eigenvalue weighted by atomic mass is 16.6. The molecule has 4 amide bonds. The first-order valence-corrected chi connectivity index (χ1v) is 30.6. The summed E-state index contributed by atoms with van der Waals surface area (Å²) in [5.74, 6) is -5.82. The summed E-state index contributed by atoms with van der Waals surface area (Å²) >= 11 is 0. The van der Waals surface area contributed by atoms with Gasteiger partial charge in [0.2, 0.25) is 0 Å². The Balaban J connectivity index is 1.59. The largest absolute Gasteiger partial charge is 0.451 e. The van der Waals surface area contributed by atoms with Gasteiger partial charge in [0.05, 0.1) is 0 Å². The molecule has 1 fully saturated rings. The molecular formula is C68H96N8O12. The molecule has 0 N–H and O–H groups in total. The Hall–Kier alpha value is -7.90. The lowest BCUT2D eigenvalue weighted by Gasteiger charge is -2.35. The molecule has 0 aliphatic carbocycles. The van der Waals surface area contributed by atoms with Crippen molar-refractivity contribution in [3.8, 4) is 0 Å². The van der Waals surface area contributed by atoms with Gasteiger partial charge in [-0.2, -0.15) is 0 Å². The molecule has 3 heterocycles. The van der Waals surface area contributed by atoms with Crippen molar-refractivity contribution >= 4 is 59.1 Å². The molecule has 0 saturated carbocycles. The van der Waals surface area contributed by atoms with Crippen molar-refractivity contribution in [2.45, 2.75) is 169 Å². The fraction of sp³-hybridized carbons (Fsp3) is 0.559. The first-order valence-electron chi connectivity index (χ1n) is 30.6. The van der Waals surface area contributed by atoms with Crippen LogP contribution in [0, 0.1) is 23.7 Å². The van der Waals surface area contributed by atoms with Gasteiger partial charge in [0.25, 0.3) is 23.6 Å². The molecule has 2 aromatic carbocycles. The average Bonchev–Trinajstić information content (AvgIpc) is 1.51. The maximum Gasteiger partial charge on any atom is 0.329 e. The molecule has 1 saturated heterocycles. The van der Waals surface area contributed by atoms with Crippen LogP contribution in [0.5, 0.6) is 0 Å². The SMILES string of the molecule is CC(C)C[C@H]1C(=O)O[C@H](Cc2ccc(Cc3cccnc3N(C)C)cc2)C(=O)N(C)[C@@H](CC(C)C)C(=O)O[C@H](C)C(=O)N(C)[C@@H](CC(C)C)C(=O)O[C@H](Cc2ccc(Cc3cccnc3N(C)C)cc2)C(=O)N(C)[C@@H](CC(C)C)C(=O)O[C@H](C)C(=O)N1C. The van der Waals surface area contributed by atoms with Crippen molar-refractivity contribution in [3.63, 3.8) is 0 Å². The molecule has 88 heavy (non-hydrogen) atoms. The van der Waals surface area contributed by atoms with Crippen LogP contribution >= 0.6 is 0 Å². The van der Waals surface area contributed by atoms with Gasteiger partial charge in [0.1, 0.15) is 35.8 Å². The molecule has 2 aromatic heterocycles.